The van der Waals surface area contributed by atoms with E-state index in [1.807, 2.05) is 11.8 Å². The summed E-state index contributed by atoms with van der Waals surface area (Å²) in [6.07, 6.45) is 2.61. The summed E-state index contributed by atoms with van der Waals surface area (Å²) in [5, 5.41) is 9.86. The average Bonchev–Trinajstić information content (AvgIpc) is 2.84. The van der Waals surface area contributed by atoms with Gasteiger partial charge in [-0.15, -0.1) is 0 Å². The van der Waals surface area contributed by atoms with Crippen molar-refractivity contribution in [3.8, 4) is 6.07 Å². The van der Waals surface area contributed by atoms with Crippen molar-refractivity contribution >= 4 is 28.5 Å². The summed E-state index contributed by atoms with van der Waals surface area (Å²) in [5.74, 6) is -2.27. The van der Waals surface area contributed by atoms with E-state index in [1.165, 1.54) is 11.1 Å². The molecule has 34 heavy (non-hydrogen) atoms. The van der Waals surface area contributed by atoms with Crippen LogP contribution in [0.2, 0.25) is 0 Å². The van der Waals surface area contributed by atoms with Gasteiger partial charge in [0.25, 0.3) is 5.91 Å². The standard InChI is InChI=1S/C24H28F2N6O2/c1-24(15-27)4-6-30(7-5-24)21-16-12-18(25)19(26)13-20(16)28-14-17(21)22(33)31-8-10-32(11-9-31)23(34)29(2)3/h12-14H,4-11H2,1-3H3. The molecule has 0 atom stereocenters. The quantitative estimate of drug-likeness (QED) is 0.674. The number of aromatic nitrogens is 1. The zero-order valence-electron chi connectivity index (χ0n) is 19.6. The number of halogens is 2. The maximum atomic E-state index is 14.2. The van der Waals surface area contributed by atoms with Crippen LogP contribution >= 0.6 is 0 Å². The Morgan fingerprint density at radius 3 is 2.21 bits per heavy atom. The molecule has 2 aliphatic heterocycles. The molecule has 0 radical (unpaired) electrons. The first-order valence-electron chi connectivity index (χ1n) is 11.3. The molecular weight excluding hydrogens is 442 g/mol. The van der Waals surface area contributed by atoms with Crippen LogP contribution in [-0.2, 0) is 0 Å². The first-order valence-corrected chi connectivity index (χ1v) is 11.3. The molecule has 0 aliphatic carbocycles. The SMILES string of the molecule is CN(C)C(=O)N1CCN(C(=O)c2cnc3cc(F)c(F)cc3c2N2CCC(C)(C#N)CC2)CC1. The van der Waals surface area contributed by atoms with Crippen LogP contribution in [0.5, 0.6) is 0 Å². The van der Waals surface area contributed by atoms with Gasteiger partial charge in [-0.05, 0) is 25.8 Å². The van der Waals surface area contributed by atoms with E-state index in [9.17, 15) is 23.6 Å². The van der Waals surface area contributed by atoms with Gasteiger partial charge in [-0.2, -0.15) is 5.26 Å². The number of piperidine rings is 1. The van der Waals surface area contributed by atoms with E-state index in [2.05, 4.69) is 11.1 Å². The van der Waals surface area contributed by atoms with Crippen LogP contribution in [0.25, 0.3) is 10.9 Å². The number of carbonyl (C=O) groups excluding carboxylic acids is 2. The van der Waals surface area contributed by atoms with Gasteiger partial charge < -0.3 is 19.6 Å². The number of carbonyl (C=O) groups is 2. The van der Waals surface area contributed by atoms with Crippen molar-refractivity contribution in [2.75, 3.05) is 58.3 Å². The van der Waals surface area contributed by atoms with Crippen molar-refractivity contribution in [3.05, 3.63) is 35.5 Å². The highest BCUT2D eigenvalue weighted by Gasteiger charge is 2.34. The van der Waals surface area contributed by atoms with Crippen LogP contribution in [0.15, 0.2) is 18.3 Å². The Morgan fingerprint density at radius 2 is 1.62 bits per heavy atom. The third-order valence-electron chi connectivity index (χ3n) is 6.79. The van der Waals surface area contributed by atoms with E-state index in [4.69, 9.17) is 0 Å². The molecule has 10 heteroatoms. The number of hydrogen-bond donors (Lipinski definition) is 0. The zero-order valence-corrected chi connectivity index (χ0v) is 19.6. The molecule has 0 spiro atoms. The number of nitrogens with zero attached hydrogens (tertiary/aromatic N) is 6. The Bertz CT molecular complexity index is 1160. The highest BCUT2D eigenvalue weighted by atomic mass is 19.2. The maximum Gasteiger partial charge on any atom is 0.319 e. The van der Waals surface area contributed by atoms with Crippen LogP contribution in [-0.4, -0.2) is 85.0 Å². The largest absolute Gasteiger partial charge is 0.370 e. The van der Waals surface area contributed by atoms with Crippen molar-refractivity contribution in [1.82, 2.24) is 19.7 Å². The smallest absolute Gasteiger partial charge is 0.319 e. The van der Waals surface area contributed by atoms with Gasteiger partial charge in [-0.3, -0.25) is 9.78 Å². The molecule has 0 unspecified atom stereocenters. The zero-order chi connectivity index (χ0) is 24.6. The van der Waals surface area contributed by atoms with E-state index in [0.717, 1.165) is 12.1 Å². The van der Waals surface area contributed by atoms with Crippen LogP contribution in [0, 0.1) is 28.4 Å². The van der Waals surface area contributed by atoms with E-state index in [1.54, 1.807) is 23.9 Å². The second-order valence-electron chi connectivity index (χ2n) is 9.42. The Hall–Kier alpha value is -3.48. The minimum Gasteiger partial charge on any atom is -0.370 e. The van der Waals surface area contributed by atoms with Gasteiger partial charge in [-0.1, -0.05) is 0 Å². The molecule has 3 heterocycles. The number of fused-ring (bicyclic) bond motifs is 1. The molecule has 0 saturated carbocycles. The summed E-state index contributed by atoms with van der Waals surface area (Å²) in [5.41, 5.74) is 0.628. The lowest BCUT2D eigenvalue weighted by molar-refractivity contribution is 0.0650. The Kier molecular flexibility index (Phi) is 6.30. The van der Waals surface area contributed by atoms with E-state index < -0.39 is 17.0 Å². The fraction of sp³-hybridized carbons (Fsp3) is 0.500. The molecule has 2 aliphatic rings. The number of anilines is 1. The first-order chi connectivity index (χ1) is 16.1. The van der Waals surface area contributed by atoms with Crippen molar-refractivity contribution in [3.63, 3.8) is 0 Å². The predicted molar refractivity (Wildman–Crippen MR) is 123 cm³/mol. The number of urea groups is 1. The second-order valence-corrected chi connectivity index (χ2v) is 9.42. The van der Waals surface area contributed by atoms with Gasteiger partial charge in [0, 0.05) is 71.0 Å². The van der Waals surface area contributed by atoms with Gasteiger partial charge in [0.05, 0.1) is 28.3 Å². The van der Waals surface area contributed by atoms with Crippen molar-refractivity contribution in [2.24, 2.45) is 5.41 Å². The van der Waals surface area contributed by atoms with Crippen LogP contribution in [0.1, 0.15) is 30.1 Å². The third-order valence-corrected chi connectivity index (χ3v) is 6.79. The summed E-state index contributed by atoms with van der Waals surface area (Å²) >= 11 is 0. The monoisotopic (exact) mass is 470 g/mol. The molecule has 0 N–H and O–H groups in total. The van der Waals surface area contributed by atoms with Crippen molar-refractivity contribution in [1.29, 1.82) is 5.26 Å². The molecule has 2 aromatic rings. The van der Waals surface area contributed by atoms with Gasteiger partial charge in [0.1, 0.15) is 0 Å². The lowest BCUT2D eigenvalue weighted by Crippen LogP contribution is -2.53. The van der Waals surface area contributed by atoms with Gasteiger partial charge >= 0.3 is 6.03 Å². The lowest BCUT2D eigenvalue weighted by Gasteiger charge is -2.39. The van der Waals surface area contributed by atoms with E-state index in [0.29, 0.717) is 68.7 Å². The topological polar surface area (TPSA) is 83.8 Å². The molecule has 2 fully saturated rings. The lowest BCUT2D eigenvalue weighted by atomic mass is 9.81. The van der Waals surface area contributed by atoms with Crippen LogP contribution < -0.4 is 4.90 Å². The minimum absolute atomic E-state index is 0.105. The van der Waals surface area contributed by atoms with Gasteiger partial charge in [-0.25, -0.2) is 13.6 Å². The molecular formula is C24H28F2N6O2. The number of piperazine rings is 1. The fourth-order valence-electron chi connectivity index (χ4n) is 4.56. The summed E-state index contributed by atoms with van der Waals surface area (Å²) in [7, 11) is 3.37. The normalized spacial score (nSPS) is 18.1. The van der Waals surface area contributed by atoms with Crippen LogP contribution in [0.3, 0.4) is 0 Å². The number of pyridine rings is 1. The molecule has 0 bridgehead atoms. The summed E-state index contributed by atoms with van der Waals surface area (Å²) in [6.45, 7) is 4.46. The number of benzene rings is 1. The molecule has 2 saturated heterocycles. The molecule has 180 valence electrons. The Morgan fingerprint density at radius 1 is 1.03 bits per heavy atom. The van der Waals surface area contributed by atoms with Crippen LogP contribution in [0.4, 0.5) is 19.3 Å². The minimum atomic E-state index is -1.00. The summed E-state index contributed by atoms with van der Waals surface area (Å²) < 4.78 is 28.1. The Balaban J connectivity index is 1.68. The van der Waals surface area contributed by atoms with E-state index in [-0.39, 0.29) is 17.5 Å². The predicted octanol–water partition coefficient (Wildman–Crippen LogP) is 3.08. The summed E-state index contributed by atoms with van der Waals surface area (Å²) in [4.78, 5) is 36.9. The molecule has 3 amide bonds. The first kappa shape index (κ1) is 23.7. The number of nitriles is 1. The number of amides is 3. The molecule has 8 nitrogen and oxygen atoms in total. The summed E-state index contributed by atoms with van der Waals surface area (Å²) in [6, 6.07) is 4.38. The van der Waals surface area contributed by atoms with E-state index >= 15 is 0 Å². The number of hydrogen-bond acceptors (Lipinski definition) is 5. The van der Waals surface area contributed by atoms with Gasteiger partial charge in [0.15, 0.2) is 11.6 Å². The number of rotatable bonds is 2. The van der Waals surface area contributed by atoms with Gasteiger partial charge in [0.2, 0.25) is 0 Å². The average molecular weight is 471 g/mol. The van der Waals surface area contributed by atoms with Crippen molar-refractivity contribution < 1.29 is 18.4 Å². The van der Waals surface area contributed by atoms with Crippen molar-refractivity contribution in [2.45, 2.75) is 19.8 Å². The Labute approximate surface area is 197 Å². The molecule has 1 aromatic carbocycles. The maximum absolute atomic E-state index is 14.2. The fourth-order valence-corrected chi connectivity index (χ4v) is 4.56. The highest BCUT2D eigenvalue weighted by Crippen LogP contribution is 2.37. The highest BCUT2D eigenvalue weighted by molar-refractivity contribution is 6.07. The molecule has 1 aromatic heterocycles. The molecule has 4 rings (SSSR count). The second kappa shape index (κ2) is 9.05. The third kappa shape index (κ3) is 4.34.